The number of hydrogen-bond donors (Lipinski definition) is 0. The van der Waals surface area contributed by atoms with E-state index in [-0.39, 0.29) is 27.0 Å². The van der Waals surface area contributed by atoms with Gasteiger partial charge in [-0.1, -0.05) is 12.1 Å². The fourth-order valence-electron chi connectivity index (χ4n) is 1.89. The summed E-state index contributed by atoms with van der Waals surface area (Å²) in [6.07, 6.45) is 1.61. The first kappa shape index (κ1) is 16.9. The second-order valence-corrected chi connectivity index (χ2v) is 4.37. The third kappa shape index (κ3) is 3.50. The van der Waals surface area contributed by atoms with Crippen molar-refractivity contribution in [3.05, 3.63) is 55.6 Å². The molecule has 20 heavy (non-hydrogen) atoms. The molecule has 0 saturated carbocycles. The predicted molar refractivity (Wildman–Crippen MR) is 74.2 cm³/mol. The van der Waals surface area contributed by atoms with Crippen molar-refractivity contribution in [2.75, 3.05) is 19.8 Å². The first-order chi connectivity index (χ1) is 9.17. The molecule has 0 fully saturated rings. The standard InChI is InChI=1S/C15H18N2O2.W/c1-4-16(5-2)11-17-12(3)10-19-14-9-7-6-8-13(14)15(17)18;/h6-10H,1-2,4-5,11H2,3H3;/q-2;+2. The van der Waals surface area contributed by atoms with Crippen LogP contribution in [0.3, 0.4) is 0 Å². The van der Waals surface area contributed by atoms with Crippen LogP contribution in [-0.2, 0) is 21.1 Å². The van der Waals surface area contributed by atoms with Crippen LogP contribution in [0.4, 0.5) is 0 Å². The zero-order chi connectivity index (χ0) is 13.8. The number of nitrogens with zero attached hydrogens (tertiary/aromatic N) is 2. The Bertz CT molecular complexity index is 498. The molecule has 1 aliphatic rings. The molecule has 4 nitrogen and oxygen atoms in total. The SMILES string of the molecule is [CH2-]CN(C[CH2-])CN1C(=O)c2ccccc2OC=C1C.[W+2]. The van der Waals surface area contributed by atoms with Crippen molar-refractivity contribution >= 4 is 5.91 Å². The largest absolute Gasteiger partial charge is 2.00 e. The van der Waals surface area contributed by atoms with Gasteiger partial charge in [0.15, 0.2) is 0 Å². The van der Waals surface area contributed by atoms with Crippen LogP contribution in [0.5, 0.6) is 5.75 Å². The van der Waals surface area contributed by atoms with Crippen LogP contribution in [-0.4, -0.2) is 35.5 Å². The average molecular weight is 442 g/mol. The van der Waals surface area contributed by atoms with Crippen LogP contribution >= 0.6 is 0 Å². The Morgan fingerprint density at radius 1 is 1.25 bits per heavy atom. The van der Waals surface area contributed by atoms with E-state index in [9.17, 15) is 4.79 Å². The van der Waals surface area contributed by atoms with Crippen LogP contribution in [0.2, 0.25) is 0 Å². The summed E-state index contributed by atoms with van der Waals surface area (Å²) in [7, 11) is 0. The van der Waals surface area contributed by atoms with Gasteiger partial charge in [-0.25, -0.2) is 0 Å². The molecule has 1 aromatic carbocycles. The summed E-state index contributed by atoms with van der Waals surface area (Å²) in [4.78, 5) is 16.2. The second-order valence-electron chi connectivity index (χ2n) is 4.37. The number of carbonyl (C=O) groups excluding carboxylic acids is 1. The molecule has 5 heteroatoms. The molecule has 0 bridgehead atoms. The van der Waals surface area contributed by atoms with Crippen molar-refractivity contribution < 1.29 is 30.6 Å². The molecular weight excluding hydrogens is 424 g/mol. The molecule has 0 aromatic heterocycles. The van der Waals surface area contributed by atoms with Gasteiger partial charge in [0.2, 0.25) is 0 Å². The van der Waals surface area contributed by atoms with E-state index in [1.165, 1.54) is 0 Å². The molecule has 0 saturated heterocycles. The normalized spacial score (nSPS) is 14.1. The Balaban J connectivity index is 0.00000200. The maximum absolute atomic E-state index is 12.6. The third-order valence-corrected chi connectivity index (χ3v) is 3.12. The molecule has 0 unspecified atom stereocenters. The Morgan fingerprint density at radius 2 is 1.90 bits per heavy atom. The first-order valence-corrected chi connectivity index (χ1v) is 6.22. The molecule has 1 amide bonds. The molecule has 1 heterocycles. The van der Waals surface area contributed by atoms with Crippen molar-refractivity contribution in [3.63, 3.8) is 0 Å². The average Bonchev–Trinajstić information content (AvgIpc) is 2.56. The smallest absolute Gasteiger partial charge is 0.462 e. The number of rotatable bonds is 4. The summed E-state index contributed by atoms with van der Waals surface area (Å²) in [5, 5.41) is 0. The minimum Gasteiger partial charge on any atom is -0.462 e. The molecule has 1 aliphatic heterocycles. The van der Waals surface area contributed by atoms with Gasteiger partial charge < -0.3 is 23.5 Å². The number of allylic oxidation sites excluding steroid dienone is 1. The first-order valence-electron chi connectivity index (χ1n) is 6.22. The molecule has 0 N–H and O–H groups in total. The van der Waals surface area contributed by atoms with Gasteiger partial charge in [0, 0.05) is 0 Å². The van der Waals surface area contributed by atoms with Crippen molar-refractivity contribution in [1.29, 1.82) is 0 Å². The minimum absolute atomic E-state index is 0. The summed E-state index contributed by atoms with van der Waals surface area (Å²) in [5.74, 6) is 0.527. The quantitative estimate of drug-likeness (QED) is 0.672. The number of ether oxygens (including phenoxy) is 1. The van der Waals surface area contributed by atoms with Crippen molar-refractivity contribution in [3.8, 4) is 5.75 Å². The van der Waals surface area contributed by atoms with Gasteiger partial charge in [0.1, 0.15) is 12.0 Å². The summed E-state index contributed by atoms with van der Waals surface area (Å²) in [6, 6.07) is 7.25. The minimum atomic E-state index is -0.0613. The zero-order valence-corrected chi connectivity index (χ0v) is 14.5. The Kier molecular flexibility index (Phi) is 6.44. The summed E-state index contributed by atoms with van der Waals surface area (Å²) in [5.41, 5.74) is 1.34. The molecule has 0 aliphatic carbocycles. The molecule has 2 rings (SSSR count). The Labute approximate surface area is 134 Å². The van der Waals surface area contributed by atoms with Crippen LogP contribution in [0.1, 0.15) is 17.3 Å². The molecule has 1 aromatic rings. The fourth-order valence-corrected chi connectivity index (χ4v) is 1.89. The topological polar surface area (TPSA) is 32.8 Å². The monoisotopic (exact) mass is 442 g/mol. The molecule has 0 atom stereocenters. The number of para-hydroxylation sites is 1. The third-order valence-electron chi connectivity index (χ3n) is 3.12. The van der Waals surface area contributed by atoms with Crippen molar-refractivity contribution in [2.24, 2.45) is 0 Å². The number of benzene rings is 1. The molecular formula is C15H18N2O2W. The fraction of sp³-hybridized carbons (Fsp3) is 0.267. The molecule has 0 radical (unpaired) electrons. The predicted octanol–water partition coefficient (Wildman–Crippen LogP) is 2.31. The summed E-state index contributed by atoms with van der Waals surface area (Å²) >= 11 is 0. The van der Waals surface area contributed by atoms with E-state index in [1.54, 1.807) is 23.3 Å². The summed E-state index contributed by atoms with van der Waals surface area (Å²) in [6.45, 7) is 11.2. The second kappa shape index (κ2) is 7.61. The maximum atomic E-state index is 12.6. The zero-order valence-electron chi connectivity index (χ0n) is 11.5. The van der Waals surface area contributed by atoms with E-state index in [1.807, 2.05) is 24.0 Å². The van der Waals surface area contributed by atoms with E-state index >= 15 is 0 Å². The maximum Gasteiger partial charge on any atom is 2.00 e. The van der Waals surface area contributed by atoms with Crippen molar-refractivity contribution in [2.45, 2.75) is 6.92 Å². The van der Waals surface area contributed by atoms with Gasteiger partial charge in [0.25, 0.3) is 5.91 Å². The van der Waals surface area contributed by atoms with E-state index in [4.69, 9.17) is 4.74 Å². The van der Waals surface area contributed by atoms with E-state index in [0.29, 0.717) is 31.1 Å². The van der Waals surface area contributed by atoms with Gasteiger partial charge in [0.05, 0.1) is 17.9 Å². The van der Waals surface area contributed by atoms with Gasteiger partial charge in [-0.15, -0.1) is 13.1 Å². The van der Waals surface area contributed by atoms with Gasteiger partial charge in [-0.3, -0.25) is 9.69 Å². The Morgan fingerprint density at radius 3 is 2.55 bits per heavy atom. The van der Waals surface area contributed by atoms with Gasteiger partial charge >= 0.3 is 21.1 Å². The number of hydrogen-bond acceptors (Lipinski definition) is 3. The molecule has 106 valence electrons. The van der Waals surface area contributed by atoms with Crippen molar-refractivity contribution in [1.82, 2.24) is 9.80 Å². The van der Waals surface area contributed by atoms with Crippen LogP contribution in [0.25, 0.3) is 0 Å². The van der Waals surface area contributed by atoms with E-state index < -0.39 is 0 Å². The Hall–Kier alpha value is -1.12. The number of fused-ring (bicyclic) bond motifs is 1. The number of amides is 1. The van der Waals surface area contributed by atoms with Gasteiger partial charge in [-0.05, 0) is 19.1 Å². The summed E-state index contributed by atoms with van der Waals surface area (Å²) < 4.78 is 5.54. The van der Waals surface area contributed by atoms with Gasteiger partial charge in [-0.2, -0.15) is 0 Å². The molecule has 0 spiro atoms. The van der Waals surface area contributed by atoms with Crippen LogP contribution in [0.15, 0.2) is 36.2 Å². The van der Waals surface area contributed by atoms with Crippen LogP contribution in [0, 0.1) is 13.8 Å². The van der Waals surface area contributed by atoms with Crippen LogP contribution < -0.4 is 4.74 Å². The van der Waals surface area contributed by atoms with E-state index in [2.05, 4.69) is 13.8 Å². The number of carbonyl (C=O) groups is 1. The van der Waals surface area contributed by atoms with E-state index in [0.717, 1.165) is 5.70 Å².